The van der Waals surface area contributed by atoms with Crippen molar-refractivity contribution in [2.24, 2.45) is 0 Å². The van der Waals surface area contributed by atoms with Gasteiger partial charge in [0.05, 0.1) is 0 Å². The lowest BCUT2D eigenvalue weighted by molar-refractivity contribution is 0.247. The Kier molecular flexibility index (Phi) is 6.66. The number of hydrogen-bond acceptors (Lipinski definition) is 2. The minimum atomic E-state index is -0.315. The van der Waals surface area contributed by atoms with Crippen molar-refractivity contribution < 1.29 is 10.2 Å². The van der Waals surface area contributed by atoms with Gasteiger partial charge in [-0.1, -0.05) is 121 Å². The second kappa shape index (κ2) is 10.6. The van der Waals surface area contributed by atoms with Crippen LogP contribution in [-0.2, 0) is 5.41 Å². The molecule has 0 aromatic heterocycles. The number of aliphatic hydroxyl groups excluding tert-OH is 2. The van der Waals surface area contributed by atoms with E-state index in [-0.39, 0.29) is 18.6 Å². The van der Waals surface area contributed by atoms with Crippen LogP contribution in [0.5, 0.6) is 0 Å². The lowest BCUT2D eigenvalue weighted by Gasteiger charge is -2.35. The van der Waals surface area contributed by atoms with Gasteiger partial charge in [0.2, 0.25) is 0 Å². The van der Waals surface area contributed by atoms with E-state index in [9.17, 15) is 10.2 Å². The molecule has 6 aromatic rings. The van der Waals surface area contributed by atoms with Gasteiger partial charge in [-0.3, -0.25) is 0 Å². The maximum atomic E-state index is 10.1. The fourth-order valence-corrected chi connectivity index (χ4v) is 7.41. The molecule has 2 N–H and O–H groups in total. The van der Waals surface area contributed by atoms with Gasteiger partial charge in [0.15, 0.2) is 0 Å². The van der Waals surface area contributed by atoms with Crippen molar-refractivity contribution in [2.75, 3.05) is 13.2 Å². The average Bonchev–Trinajstić information content (AvgIpc) is 3.31. The third-order valence-corrected chi connectivity index (χ3v) is 9.08. The molecule has 0 atom stereocenters. The van der Waals surface area contributed by atoms with Crippen LogP contribution in [0, 0.1) is 0 Å². The molecule has 6 aromatic carbocycles. The van der Waals surface area contributed by atoms with Crippen LogP contribution >= 0.6 is 0 Å². The van der Waals surface area contributed by atoms with E-state index < -0.39 is 0 Å². The van der Waals surface area contributed by atoms with Crippen LogP contribution in [0.1, 0.15) is 36.8 Å². The zero-order chi connectivity index (χ0) is 27.8. The highest BCUT2D eigenvalue weighted by Gasteiger charge is 2.44. The summed E-state index contributed by atoms with van der Waals surface area (Å²) < 4.78 is 0. The first kappa shape index (κ1) is 25.7. The van der Waals surface area contributed by atoms with Crippen LogP contribution in [0.3, 0.4) is 0 Å². The number of aliphatic hydroxyl groups is 2. The van der Waals surface area contributed by atoms with Gasteiger partial charge < -0.3 is 10.2 Å². The monoisotopic (exact) mass is 534 g/mol. The highest BCUT2D eigenvalue weighted by Crippen LogP contribution is 2.59. The molecule has 0 spiro atoms. The first-order valence-corrected chi connectivity index (χ1v) is 14.7. The SMILES string of the molecule is OCCCC1(CCCO)c2ccccc2-c2ccc(-c3cccc4ccccc34)c(-c3cccc4ccccc34)c21. The smallest absolute Gasteiger partial charge is 0.0431 e. The van der Waals surface area contributed by atoms with E-state index >= 15 is 0 Å². The van der Waals surface area contributed by atoms with Crippen molar-refractivity contribution in [3.8, 4) is 33.4 Å². The zero-order valence-electron chi connectivity index (χ0n) is 23.2. The van der Waals surface area contributed by atoms with E-state index in [0.29, 0.717) is 12.8 Å². The third-order valence-electron chi connectivity index (χ3n) is 9.08. The van der Waals surface area contributed by atoms with E-state index in [1.807, 2.05) is 0 Å². The van der Waals surface area contributed by atoms with Gasteiger partial charge in [0.1, 0.15) is 0 Å². The molecule has 1 aliphatic rings. The first-order chi connectivity index (χ1) is 20.3. The lowest BCUT2D eigenvalue weighted by atomic mass is 9.68. The van der Waals surface area contributed by atoms with Crippen molar-refractivity contribution >= 4 is 21.5 Å². The average molecular weight is 535 g/mol. The van der Waals surface area contributed by atoms with E-state index in [1.165, 1.54) is 66.1 Å². The lowest BCUT2D eigenvalue weighted by Crippen LogP contribution is -2.27. The van der Waals surface area contributed by atoms with E-state index in [1.54, 1.807) is 0 Å². The minimum absolute atomic E-state index is 0.144. The van der Waals surface area contributed by atoms with Crippen LogP contribution in [0.4, 0.5) is 0 Å². The topological polar surface area (TPSA) is 40.5 Å². The van der Waals surface area contributed by atoms with Gasteiger partial charge in [0.25, 0.3) is 0 Å². The van der Waals surface area contributed by atoms with Crippen molar-refractivity contribution in [2.45, 2.75) is 31.1 Å². The highest BCUT2D eigenvalue weighted by atomic mass is 16.3. The van der Waals surface area contributed by atoms with Gasteiger partial charge in [-0.15, -0.1) is 0 Å². The molecule has 0 radical (unpaired) electrons. The summed E-state index contributed by atoms with van der Waals surface area (Å²) in [4.78, 5) is 0. The Morgan fingerprint density at radius 2 is 0.951 bits per heavy atom. The number of hydrogen-bond donors (Lipinski definition) is 2. The Bertz CT molecular complexity index is 1860. The van der Waals surface area contributed by atoms with Crippen molar-refractivity contribution in [1.29, 1.82) is 0 Å². The molecule has 2 heteroatoms. The van der Waals surface area contributed by atoms with Gasteiger partial charge in [-0.25, -0.2) is 0 Å². The minimum Gasteiger partial charge on any atom is -0.396 e. The summed E-state index contributed by atoms with van der Waals surface area (Å²) in [6.07, 6.45) is 3.05. The van der Waals surface area contributed by atoms with Gasteiger partial charge >= 0.3 is 0 Å². The molecule has 0 aliphatic heterocycles. The second-order valence-corrected chi connectivity index (χ2v) is 11.2. The van der Waals surface area contributed by atoms with Crippen LogP contribution in [0.2, 0.25) is 0 Å². The molecule has 7 rings (SSSR count). The summed E-state index contributed by atoms with van der Waals surface area (Å²) in [7, 11) is 0. The fourth-order valence-electron chi connectivity index (χ4n) is 7.41. The first-order valence-electron chi connectivity index (χ1n) is 14.7. The van der Waals surface area contributed by atoms with Crippen molar-refractivity contribution in [1.82, 2.24) is 0 Å². The molecule has 0 heterocycles. The molecule has 1 aliphatic carbocycles. The maximum absolute atomic E-state index is 10.1. The third kappa shape index (κ3) is 4.10. The summed E-state index contributed by atoms with van der Waals surface area (Å²) in [6.45, 7) is 0.288. The van der Waals surface area contributed by atoms with Crippen LogP contribution in [-0.4, -0.2) is 23.4 Å². The van der Waals surface area contributed by atoms with E-state index in [4.69, 9.17) is 0 Å². The quantitative estimate of drug-likeness (QED) is 0.204. The van der Waals surface area contributed by atoms with Gasteiger partial charge in [0, 0.05) is 18.6 Å². The molecule has 0 fully saturated rings. The maximum Gasteiger partial charge on any atom is 0.0431 e. The molecule has 2 nitrogen and oxygen atoms in total. The number of rotatable bonds is 8. The predicted octanol–water partition coefficient (Wildman–Crippen LogP) is 9.14. The summed E-state index contributed by atoms with van der Waals surface area (Å²) in [5, 5.41) is 25.1. The molecule has 41 heavy (non-hydrogen) atoms. The van der Waals surface area contributed by atoms with E-state index in [2.05, 4.69) is 121 Å². The Labute approximate surface area is 241 Å². The molecule has 0 saturated heterocycles. The fraction of sp³-hybridized carbons (Fsp3) is 0.179. The molecular formula is C39H34O2. The van der Waals surface area contributed by atoms with Gasteiger partial charge in [-0.05, 0) is 91.7 Å². The van der Waals surface area contributed by atoms with E-state index in [0.717, 1.165) is 12.8 Å². The molecule has 0 amide bonds. The Morgan fingerprint density at radius 3 is 1.63 bits per heavy atom. The summed E-state index contributed by atoms with van der Waals surface area (Å²) in [5.41, 5.74) is 9.81. The van der Waals surface area contributed by atoms with Crippen LogP contribution in [0.15, 0.2) is 121 Å². The van der Waals surface area contributed by atoms with Crippen LogP contribution < -0.4 is 0 Å². The Morgan fingerprint density at radius 1 is 0.439 bits per heavy atom. The molecule has 202 valence electrons. The van der Waals surface area contributed by atoms with Crippen molar-refractivity contribution in [3.05, 3.63) is 132 Å². The molecular weight excluding hydrogens is 500 g/mol. The van der Waals surface area contributed by atoms with Gasteiger partial charge in [-0.2, -0.15) is 0 Å². The highest BCUT2D eigenvalue weighted by molar-refractivity contribution is 6.08. The molecule has 0 bridgehead atoms. The number of fused-ring (bicyclic) bond motifs is 5. The second-order valence-electron chi connectivity index (χ2n) is 11.2. The predicted molar refractivity (Wildman–Crippen MR) is 171 cm³/mol. The standard InChI is InChI=1S/C39H34O2/c40-25-9-23-39(24-10-26-41)36-20-6-5-17-32(36)35-22-21-34(31-18-7-13-27-11-1-3-15-29(27)31)37(38(35)39)33-19-8-14-28-12-2-4-16-30(28)33/h1-8,11-22,40-41H,9-10,23-26H2. The summed E-state index contributed by atoms with van der Waals surface area (Å²) in [6, 6.07) is 44.0. The summed E-state index contributed by atoms with van der Waals surface area (Å²) in [5.74, 6) is 0. The normalized spacial score (nSPS) is 13.4. The van der Waals surface area contributed by atoms with Crippen molar-refractivity contribution in [3.63, 3.8) is 0 Å². The zero-order valence-corrected chi connectivity index (χ0v) is 23.2. The Balaban J connectivity index is 1.65. The van der Waals surface area contributed by atoms with Crippen LogP contribution in [0.25, 0.3) is 54.9 Å². The summed E-state index contributed by atoms with van der Waals surface area (Å²) >= 11 is 0. The largest absolute Gasteiger partial charge is 0.396 e. The molecule has 0 unspecified atom stereocenters. The number of benzene rings is 6. The Hall–Kier alpha value is -4.24. The molecule has 0 saturated carbocycles.